The van der Waals surface area contributed by atoms with Crippen LogP contribution in [-0.4, -0.2) is 44.6 Å². The van der Waals surface area contributed by atoms with Crippen LogP contribution >= 0.6 is 11.8 Å². The maximum absolute atomic E-state index is 11.0. The first kappa shape index (κ1) is 18.7. The minimum atomic E-state index is -5.08. The fraction of sp³-hybridized carbons (Fsp3) is 0.308. The maximum Gasteiger partial charge on any atom is 0.490 e. The van der Waals surface area contributed by atoms with Crippen molar-refractivity contribution in [3.8, 4) is 0 Å². The smallest absolute Gasteiger partial charge is 0.475 e. The lowest BCUT2D eigenvalue weighted by molar-refractivity contribution is -0.192. The van der Waals surface area contributed by atoms with Gasteiger partial charge in [0.05, 0.1) is 23.5 Å². The molecule has 3 rings (SSSR count). The summed E-state index contributed by atoms with van der Waals surface area (Å²) < 4.78 is 31.7. The van der Waals surface area contributed by atoms with Crippen molar-refractivity contribution in [2.45, 2.75) is 24.2 Å². The SMILES string of the molecule is NC(=O)CC1=CC2=NCc3nc(N)nc(c32)SC1.O=C(O)C(F)(F)F. The van der Waals surface area contributed by atoms with E-state index in [4.69, 9.17) is 21.4 Å². The third-order valence-electron chi connectivity index (χ3n) is 3.00. The monoisotopic (exact) mass is 375 g/mol. The van der Waals surface area contributed by atoms with Crippen molar-refractivity contribution in [1.82, 2.24) is 9.97 Å². The topological polar surface area (TPSA) is 145 Å². The number of carboxylic acid groups (broad SMARTS) is 1. The molecule has 0 saturated heterocycles. The van der Waals surface area contributed by atoms with Crippen molar-refractivity contribution >= 4 is 35.3 Å². The highest BCUT2D eigenvalue weighted by Crippen LogP contribution is 2.33. The molecule has 0 unspecified atom stereocenters. The van der Waals surface area contributed by atoms with Gasteiger partial charge in [0, 0.05) is 12.2 Å². The molecule has 0 radical (unpaired) electrons. The first-order valence-electron chi connectivity index (χ1n) is 6.69. The third-order valence-corrected chi connectivity index (χ3v) is 4.09. The molecule has 0 bridgehead atoms. The molecular weight excluding hydrogens is 363 g/mol. The van der Waals surface area contributed by atoms with E-state index in [1.54, 1.807) is 11.8 Å². The Morgan fingerprint density at radius 1 is 1.32 bits per heavy atom. The van der Waals surface area contributed by atoms with E-state index in [2.05, 4.69) is 15.0 Å². The number of aromatic nitrogens is 2. The van der Waals surface area contributed by atoms with E-state index in [9.17, 15) is 18.0 Å². The molecule has 1 aromatic rings. The molecule has 134 valence electrons. The van der Waals surface area contributed by atoms with E-state index < -0.39 is 12.1 Å². The molecule has 1 amide bonds. The summed E-state index contributed by atoms with van der Waals surface area (Å²) in [5, 5.41) is 7.96. The summed E-state index contributed by atoms with van der Waals surface area (Å²) in [6.45, 7) is 0.519. The lowest BCUT2D eigenvalue weighted by atomic mass is 10.1. The Morgan fingerprint density at radius 2 is 1.96 bits per heavy atom. The number of amides is 1. The molecule has 0 aromatic carbocycles. The van der Waals surface area contributed by atoms with Gasteiger partial charge in [0.1, 0.15) is 5.03 Å². The molecule has 2 aliphatic heterocycles. The predicted molar refractivity (Wildman–Crippen MR) is 83.0 cm³/mol. The van der Waals surface area contributed by atoms with Crippen molar-refractivity contribution in [3.63, 3.8) is 0 Å². The number of halogens is 3. The van der Waals surface area contributed by atoms with E-state index in [0.29, 0.717) is 12.3 Å². The molecule has 1 aromatic heterocycles. The number of primary amides is 1. The Morgan fingerprint density at radius 3 is 2.52 bits per heavy atom. The van der Waals surface area contributed by atoms with Gasteiger partial charge < -0.3 is 16.6 Å². The summed E-state index contributed by atoms with van der Waals surface area (Å²) >= 11 is 1.54. The van der Waals surface area contributed by atoms with Crippen LogP contribution < -0.4 is 11.5 Å². The fourth-order valence-electron chi connectivity index (χ4n) is 2.06. The van der Waals surface area contributed by atoms with Crippen LogP contribution in [0.25, 0.3) is 0 Å². The van der Waals surface area contributed by atoms with Crippen molar-refractivity contribution in [2.24, 2.45) is 10.7 Å². The lowest BCUT2D eigenvalue weighted by Gasteiger charge is -2.05. The van der Waals surface area contributed by atoms with Crippen LogP contribution in [0.1, 0.15) is 17.7 Å². The average Bonchev–Trinajstić information content (AvgIpc) is 2.77. The second-order valence-corrected chi connectivity index (χ2v) is 5.91. The summed E-state index contributed by atoms with van der Waals surface area (Å²) in [6.07, 6.45) is -2.92. The second kappa shape index (κ2) is 7.09. The van der Waals surface area contributed by atoms with Crippen LogP contribution in [-0.2, 0) is 16.1 Å². The molecule has 5 N–H and O–H groups in total. The predicted octanol–water partition coefficient (Wildman–Crippen LogP) is 0.902. The van der Waals surface area contributed by atoms with E-state index >= 15 is 0 Å². The van der Waals surface area contributed by atoms with Gasteiger partial charge in [-0.2, -0.15) is 13.2 Å². The number of rotatable bonds is 2. The Labute approximate surface area is 143 Å². The zero-order chi connectivity index (χ0) is 18.8. The first-order valence-corrected chi connectivity index (χ1v) is 7.68. The van der Waals surface area contributed by atoms with Crippen LogP contribution in [0, 0.1) is 0 Å². The first-order chi connectivity index (χ1) is 11.6. The average molecular weight is 375 g/mol. The number of hydrogen-bond donors (Lipinski definition) is 3. The summed E-state index contributed by atoms with van der Waals surface area (Å²) in [5.41, 5.74) is 14.5. The van der Waals surface area contributed by atoms with Crippen molar-refractivity contribution in [2.75, 3.05) is 11.5 Å². The van der Waals surface area contributed by atoms with Gasteiger partial charge in [-0.25, -0.2) is 14.8 Å². The van der Waals surface area contributed by atoms with Gasteiger partial charge in [-0.1, -0.05) is 0 Å². The van der Waals surface area contributed by atoms with Crippen LogP contribution in [0.2, 0.25) is 0 Å². The quantitative estimate of drug-likeness (QED) is 0.651. The highest BCUT2D eigenvalue weighted by Gasteiger charge is 2.38. The number of allylic oxidation sites excluding steroid dienone is 1. The summed E-state index contributed by atoms with van der Waals surface area (Å²) in [6, 6.07) is 0. The minimum Gasteiger partial charge on any atom is -0.475 e. The number of alkyl halides is 3. The Balaban J connectivity index is 0.000000277. The number of carboxylic acids is 1. The molecule has 0 fully saturated rings. The van der Waals surface area contributed by atoms with Crippen LogP contribution in [0.5, 0.6) is 0 Å². The van der Waals surface area contributed by atoms with Gasteiger partial charge >= 0.3 is 12.1 Å². The summed E-state index contributed by atoms with van der Waals surface area (Å²) in [7, 11) is 0. The number of nitrogens with zero attached hydrogens (tertiary/aromatic N) is 3. The number of aliphatic imine (C=N–C) groups is 1. The number of hydrogen-bond acceptors (Lipinski definition) is 7. The van der Waals surface area contributed by atoms with Gasteiger partial charge in [-0.15, -0.1) is 11.8 Å². The largest absolute Gasteiger partial charge is 0.490 e. The summed E-state index contributed by atoms with van der Waals surface area (Å²) in [4.78, 5) is 32.7. The molecule has 25 heavy (non-hydrogen) atoms. The third kappa shape index (κ3) is 4.68. The van der Waals surface area contributed by atoms with Gasteiger partial charge in [0.15, 0.2) is 0 Å². The number of nitrogen functional groups attached to an aromatic ring is 1. The standard InChI is InChI=1S/C11H11N5OS.C2HF3O2/c12-8(17)2-5-1-6-9-7(3-14-6)15-11(13)16-10(9)18-4-5;3-2(4,5)1(6)7/h1H,2-4H2,(H2,12,17)(H2,13,15,16);(H,6,7). The van der Waals surface area contributed by atoms with Crippen molar-refractivity contribution in [3.05, 3.63) is 22.9 Å². The van der Waals surface area contributed by atoms with Crippen LogP contribution in [0.15, 0.2) is 21.7 Å². The highest BCUT2D eigenvalue weighted by molar-refractivity contribution is 7.99. The Kier molecular flexibility index (Phi) is 5.30. The normalized spacial score (nSPS) is 15.2. The molecule has 0 atom stereocenters. The maximum atomic E-state index is 11.0. The van der Waals surface area contributed by atoms with E-state index in [1.807, 2.05) is 6.08 Å². The van der Waals surface area contributed by atoms with Crippen LogP contribution in [0.4, 0.5) is 19.1 Å². The number of anilines is 1. The lowest BCUT2D eigenvalue weighted by Crippen LogP contribution is -2.21. The Hall–Kier alpha value is -2.63. The van der Waals surface area contributed by atoms with Crippen molar-refractivity contribution in [1.29, 1.82) is 0 Å². The van der Waals surface area contributed by atoms with Crippen molar-refractivity contribution < 1.29 is 27.9 Å². The number of thioether (sulfide) groups is 1. The zero-order valence-corrected chi connectivity index (χ0v) is 13.3. The van der Waals surface area contributed by atoms with Gasteiger partial charge in [0.2, 0.25) is 11.9 Å². The van der Waals surface area contributed by atoms with E-state index in [0.717, 1.165) is 27.6 Å². The number of carbonyl (C=O) groups excluding carboxylic acids is 1. The highest BCUT2D eigenvalue weighted by atomic mass is 32.2. The molecule has 0 spiro atoms. The number of nitrogens with two attached hydrogens (primary N) is 2. The second-order valence-electron chi connectivity index (χ2n) is 4.95. The molecule has 3 heterocycles. The molecule has 12 heteroatoms. The molecule has 8 nitrogen and oxygen atoms in total. The molecule has 0 saturated carbocycles. The number of carbonyl (C=O) groups is 2. The van der Waals surface area contributed by atoms with E-state index in [-0.39, 0.29) is 18.3 Å². The minimum absolute atomic E-state index is 0.248. The Bertz CT molecular complexity index is 792. The van der Waals surface area contributed by atoms with Gasteiger partial charge in [-0.05, 0) is 11.6 Å². The summed E-state index contributed by atoms with van der Waals surface area (Å²) in [5.74, 6) is -2.15. The number of aliphatic carboxylic acids is 1. The van der Waals surface area contributed by atoms with Gasteiger partial charge in [-0.3, -0.25) is 9.79 Å². The molecule has 0 aliphatic carbocycles. The molecular formula is C13H12F3N5O3S. The van der Waals surface area contributed by atoms with Gasteiger partial charge in [0.25, 0.3) is 0 Å². The van der Waals surface area contributed by atoms with Crippen LogP contribution in [0.3, 0.4) is 0 Å². The molecule has 2 aliphatic rings. The zero-order valence-electron chi connectivity index (χ0n) is 12.5. The van der Waals surface area contributed by atoms with E-state index in [1.165, 1.54) is 0 Å². The fourth-order valence-corrected chi connectivity index (χ4v) is 3.09.